The Bertz CT molecular complexity index is 685. The van der Waals surface area contributed by atoms with Gasteiger partial charge in [-0.1, -0.05) is 31.4 Å². The molecule has 3 N–H and O–H groups in total. The van der Waals surface area contributed by atoms with Crippen LogP contribution in [0.15, 0.2) is 29.3 Å². The lowest BCUT2D eigenvalue weighted by atomic mass is 9.87. The molecule has 0 unspecified atom stereocenters. The molecule has 1 saturated carbocycles. The molecule has 0 spiro atoms. The van der Waals surface area contributed by atoms with Gasteiger partial charge in [0.05, 0.1) is 0 Å². The molecule has 1 aromatic rings. The lowest BCUT2D eigenvalue weighted by Gasteiger charge is -2.20. The highest BCUT2D eigenvalue weighted by Gasteiger charge is 2.16. The molecule has 1 aromatic carbocycles. The Hall–Kier alpha value is -1.84. The number of hydrogen-bond acceptors (Lipinski definition) is 3. The Morgan fingerprint density at radius 1 is 1.00 bits per heavy atom. The Labute approximate surface area is 197 Å². The number of guanidine groups is 1. The number of nitrogens with zero attached hydrogens (tertiary/aromatic N) is 2. The molecule has 0 aliphatic heterocycles. The molecule has 2 rings (SSSR count). The second-order valence-corrected chi connectivity index (χ2v) is 7.81. The van der Waals surface area contributed by atoms with Crippen molar-refractivity contribution in [2.75, 3.05) is 34.2 Å². The standard InChI is InChI=1S/C22H35N5O2.HI/c1-23-22(25-14-13-24-20(28)15-17-7-5-4-6-8-17)26-16-18-9-11-19(12-10-18)21(29)27(2)3;/h9-12,17H,4-8,13-16H2,1-3H3,(H,24,28)(H2,23,25,26);1H. The molecule has 0 aromatic heterocycles. The van der Waals surface area contributed by atoms with Crippen LogP contribution >= 0.6 is 24.0 Å². The molecule has 30 heavy (non-hydrogen) atoms. The van der Waals surface area contributed by atoms with Crippen LogP contribution in [0.3, 0.4) is 0 Å². The maximum absolute atomic E-state index is 12.0. The largest absolute Gasteiger partial charge is 0.355 e. The average molecular weight is 529 g/mol. The maximum atomic E-state index is 12.0. The van der Waals surface area contributed by atoms with Crippen LogP contribution < -0.4 is 16.0 Å². The van der Waals surface area contributed by atoms with Gasteiger partial charge in [-0.3, -0.25) is 14.6 Å². The lowest BCUT2D eigenvalue weighted by Crippen LogP contribution is -2.41. The normalized spacial score (nSPS) is 14.4. The topological polar surface area (TPSA) is 85.8 Å². The van der Waals surface area contributed by atoms with E-state index in [4.69, 9.17) is 0 Å². The van der Waals surface area contributed by atoms with E-state index in [1.165, 1.54) is 32.1 Å². The van der Waals surface area contributed by atoms with Gasteiger partial charge in [-0.15, -0.1) is 24.0 Å². The van der Waals surface area contributed by atoms with Gasteiger partial charge in [-0.2, -0.15) is 0 Å². The quantitative estimate of drug-likeness (QED) is 0.209. The van der Waals surface area contributed by atoms with Crippen LogP contribution in [0.4, 0.5) is 0 Å². The van der Waals surface area contributed by atoms with E-state index < -0.39 is 0 Å². The number of aliphatic imine (C=N–C) groups is 1. The van der Waals surface area contributed by atoms with E-state index >= 15 is 0 Å². The zero-order valence-corrected chi connectivity index (χ0v) is 20.7. The van der Waals surface area contributed by atoms with Gasteiger partial charge in [0.1, 0.15) is 0 Å². The van der Waals surface area contributed by atoms with Gasteiger partial charge in [0.2, 0.25) is 5.91 Å². The highest BCUT2D eigenvalue weighted by Crippen LogP contribution is 2.25. The first-order chi connectivity index (χ1) is 14.0. The molecular formula is C22H36IN5O2. The molecular weight excluding hydrogens is 493 g/mol. The minimum atomic E-state index is -0.00693. The fourth-order valence-corrected chi connectivity index (χ4v) is 3.54. The van der Waals surface area contributed by atoms with Crippen molar-refractivity contribution in [1.82, 2.24) is 20.9 Å². The number of rotatable bonds is 8. The van der Waals surface area contributed by atoms with Crippen molar-refractivity contribution in [3.05, 3.63) is 35.4 Å². The van der Waals surface area contributed by atoms with Gasteiger partial charge in [-0.25, -0.2) is 0 Å². The van der Waals surface area contributed by atoms with Crippen molar-refractivity contribution in [1.29, 1.82) is 0 Å². The van der Waals surface area contributed by atoms with E-state index in [0.717, 1.165) is 5.56 Å². The summed E-state index contributed by atoms with van der Waals surface area (Å²) in [5, 5.41) is 9.44. The predicted molar refractivity (Wildman–Crippen MR) is 132 cm³/mol. The van der Waals surface area contributed by atoms with Crippen LogP contribution in [0, 0.1) is 5.92 Å². The zero-order valence-electron chi connectivity index (χ0n) is 18.4. The summed E-state index contributed by atoms with van der Waals surface area (Å²) in [4.78, 5) is 29.7. The molecule has 8 heteroatoms. The fourth-order valence-electron chi connectivity index (χ4n) is 3.54. The van der Waals surface area contributed by atoms with Crippen molar-refractivity contribution in [2.45, 2.75) is 45.1 Å². The van der Waals surface area contributed by atoms with E-state index in [1.807, 2.05) is 24.3 Å². The Morgan fingerprint density at radius 3 is 2.23 bits per heavy atom. The first-order valence-corrected chi connectivity index (χ1v) is 10.5. The maximum Gasteiger partial charge on any atom is 0.253 e. The van der Waals surface area contributed by atoms with E-state index in [2.05, 4.69) is 20.9 Å². The van der Waals surface area contributed by atoms with E-state index in [-0.39, 0.29) is 35.8 Å². The third-order valence-electron chi connectivity index (χ3n) is 5.23. The van der Waals surface area contributed by atoms with Gasteiger partial charge in [0.15, 0.2) is 5.96 Å². The Kier molecular flexibility index (Phi) is 12.4. The molecule has 0 heterocycles. The van der Waals surface area contributed by atoms with Crippen molar-refractivity contribution >= 4 is 41.8 Å². The zero-order chi connectivity index (χ0) is 21.1. The predicted octanol–water partition coefficient (Wildman–Crippen LogP) is 2.76. The van der Waals surface area contributed by atoms with E-state index in [0.29, 0.717) is 43.5 Å². The minimum absolute atomic E-state index is 0. The number of carbonyl (C=O) groups excluding carboxylic acids is 2. The van der Waals surface area contributed by atoms with Crippen molar-refractivity contribution < 1.29 is 9.59 Å². The third kappa shape index (κ3) is 9.32. The van der Waals surface area contributed by atoms with Crippen molar-refractivity contribution in [3.8, 4) is 0 Å². The van der Waals surface area contributed by atoms with Crippen molar-refractivity contribution in [2.24, 2.45) is 10.9 Å². The monoisotopic (exact) mass is 529 g/mol. The second-order valence-electron chi connectivity index (χ2n) is 7.81. The minimum Gasteiger partial charge on any atom is -0.355 e. The summed E-state index contributed by atoms with van der Waals surface area (Å²) in [5.41, 5.74) is 1.73. The number of amides is 2. The smallest absolute Gasteiger partial charge is 0.253 e. The van der Waals surface area contributed by atoms with Gasteiger partial charge in [0.25, 0.3) is 5.91 Å². The van der Waals surface area contributed by atoms with Crippen LogP contribution in [0.1, 0.15) is 54.4 Å². The summed E-state index contributed by atoms with van der Waals surface area (Å²) in [5.74, 6) is 1.38. The summed E-state index contributed by atoms with van der Waals surface area (Å²) in [7, 11) is 5.20. The summed E-state index contributed by atoms with van der Waals surface area (Å²) in [6.45, 7) is 1.80. The lowest BCUT2D eigenvalue weighted by molar-refractivity contribution is -0.122. The summed E-state index contributed by atoms with van der Waals surface area (Å²) >= 11 is 0. The fraction of sp³-hybridized carbons (Fsp3) is 0.591. The average Bonchev–Trinajstić information content (AvgIpc) is 2.73. The first-order valence-electron chi connectivity index (χ1n) is 10.5. The highest BCUT2D eigenvalue weighted by atomic mass is 127. The van der Waals surface area contributed by atoms with E-state index in [1.54, 1.807) is 26.0 Å². The highest BCUT2D eigenvalue weighted by molar-refractivity contribution is 14.0. The molecule has 1 aliphatic rings. The summed E-state index contributed by atoms with van der Waals surface area (Å²) in [6.07, 6.45) is 6.86. The second kappa shape index (κ2) is 14.2. The van der Waals surface area contributed by atoms with Crippen LogP contribution in [-0.2, 0) is 11.3 Å². The molecule has 0 bridgehead atoms. The molecule has 0 saturated heterocycles. The molecule has 1 aliphatic carbocycles. The Morgan fingerprint density at radius 2 is 1.63 bits per heavy atom. The molecule has 0 radical (unpaired) electrons. The van der Waals surface area contributed by atoms with Crippen LogP contribution in [0.25, 0.3) is 0 Å². The number of carbonyl (C=O) groups is 2. The molecule has 0 atom stereocenters. The number of halogens is 1. The van der Waals surface area contributed by atoms with Crippen LogP contribution in [0.2, 0.25) is 0 Å². The third-order valence-corrected chi connectivity index (χ3v) is 5.23. The molecule has 1 fully saturated rings. The first kappa shape index (κ1) is 26.2. The van der Waals surface area contributed by atoms with Crippen molar-refractivity contribution in [3.63, 3.8) is 0 Å². The van der Waals surface area contributed by atoms with Gasteiger partial charge in [0, 0.05) is 52.8 Å². The van der Waals surface area contributed by atoms with E-state index in [9.17, 15) is 9.59 Å². The van der Waals surface area contributed by atoms with Gasteiger partial charge < -0.3 is 20.9 Å². The molecule has 2 amide bonds. The Balaban J connectivity index is 0.00000450. The number of hydrogen-bond donors (Lipinski definition) is 3. The molecule has 168 valence electrons. The van der Waals surface area contributed by atoms with Crippen LogP contribution in [0.5, 0.6) is 0 Å². The van der Waals surface area contributed by atoms with Crippen LogP contribution in [-0.4, -0.2) is 56.9 Å². The number of nitrogens with one attached hydrogen (secondary N) is 3. The SMILES string of the molecule is CN=C(NCCNC(=O)CC1CCCCC1)NCc1ccc(C(=O)N(C)C)cc1.I. The number of benzene rings is 1. The van der Waals surface area contributed by atoms with Gasteiger partial charge in [-0.05, 0) is 36.5 Å². The summed E-state index contributed by atoms with van der Waals surface area (Å²) in [6, 6.07) is 7.53. The van der Waals surface area contributed by atoms with Gasteiger partial charge >= 0.3 is 0 Å². The molecule has 7 nitrogen and oxygen atoms in total. The summed E-state index contributed by atoms with van der Waals surface area (Å²) < 4.78 is 0.